The summed E-state index contributed by atoms with van der Waals surface area (Å²) in [5.41, 5.74) is -0.160. The highest BCUT2D eigenvalue weighted by molar-refractivity contribution is 5.54. The van der Waals surface area contributed by atoms with Crippen molar-refractivity contribution in [3.8, 4) is 11.4 Å². The summed E-state index contributed by atoms with van der Waals surface area (Å²) in [6.45, 7) is 6.31. The van der Waals surface area contributed by atoms with E-state index in [0.717, 1.165) is 31.1 Å². The molecule has 164 valence electrons. The molecule has 4 rings (SSSR count). The van der Waals surface area contributed by atoms with E-state index in [-0.39, 0.29) is 0 Å². The molecule has 3 heterocycles. The van der Waals surface area contributed by atoms with Gasteiger partial charge in [0.05, 0.1) is 12.1 Å². The average Bonchev–Trinajstić information content (AvgIpc) is 3.04. The summed E-state index contributed by atoms with van der Waals surface area (Å²) >= 11 is 0. The molecule has 2 aliphatic heterocycles. The molecule has 30 heavy (non-hydrogen) atoms. The molecule has 8 heteroatoms. The van der Waals surface area contributed by atoms with Crippen molar-refractivity contribution in [1.29, 1.82) is 0 Å². The van der Waals surface area contributed by atoms with Gasteiger partial charge in [0.15, 0.2) is 0 Å². The third-order valence-electron chi connectivity index (χ3n) is 6.22. The van der Waals surface area contributed by atoms with Crippen molar-refractivity contribution in [2.75, 3.05) is 32.7 Å². The monoisotopic (exact) mass is 422 g/mol. The molecule has 0 atom stereocenters. The van der Waals surface area contributed by atoms with Crippen molar-refractivity contribution in [2.24, 2.45) is 5.92 Å². The van der Waals surface area contributed by atoms with Crippen LogP contribution in [0.15, 0.2) is 28.8 Å². The van der Waals surface area contributed by atoms with E-state index in [2.05, 4.69) is 19.9 Å². The van der Waals surface area contributed by atoms with Crippen LogP contribution in [0, 0.1) is 5.92 Å². The van der Waals surface area contributed by atoms with Gasteiger partial charge in [0.25, 0.3) is 0 Å². The molecule has 2 aromatic rings. The Morgan fingerprint density at radius 1 is 0.900 bits per heavy atom. The zero-order valence-electron chi connectivity index (χ0n) is 17.2. The summed E-state index contributed by atoms with van der Waals surface area (Å²) in [7, 11) is 0. The molecule has 1 aromatic heterocycles. The Balaban J connectivity index is 1.26. The van der Waals surface area contributed by atoms with Crippen molar-refractivity contribution >= 4 is 0 Å². The largest absolute Gasteiger partial charge is 0.416 e. The third kappa shape index (κ3) is 5.60. The Morgan fingerprint density at radius 3 is 2.20 bits per heavy atom. The van der Waals surface area contributed by atoms with Gasteiger partial charge in [-0.25, -0.2) is 0 Å². The molecule has 0 unspecified atom stereocenters. The fourth-order valence-corrected chi connectivity index (χ4v) is 4.45. The smallest absolute Gasteiger partial charge is 0.338 e. The molecule has 0 saturated carbocycles. The predicted octanol–water partition coefficient (Wildman–Crippen LogP) is 4.84. The maximum Gasteiger partial charge on any atom is 0.416 e. The van der Waals surface area contributed by atoms with Crippen LogP contribution < -0.4 is 0 Å². The van der Waals surface area contributed by atoms with Crippen molar-refractivity contribution in [3.05, 3.63) is 35.7 Å². The normalized spacial score (nSPS) is 20.4. The summed E-state index contributed by atoms with van der Waals surface area (Å²) in [5.74, 6) is 1.59. The average molecular weight is 422 g/mol. The van der Waals surface area contributed by atoms with Gasteiger partial charge in [-0.1, -0.05) is 30.1 Å². The van der Waals surface area contributed by atoms with Gasteiger partial charge in [0.1, 0.15) is 0 Å². The van der Waals surface area contributed by atoms with E-state index in [1.165, 1.54) is 70.3 Å². The second-order valence-electron chi connectivity index (χ2n) is 8.52. The van der Waals surface area contributed by atoms with Gasteiger partial charge in [-0.2, -0.15) is 18.2 Å². The Labute approximate surface area is 175 Å². The first-order valence-electron chi connectivity index (χ1n) is 10.9. The number of likely N-dealkylation sites (tertiary alicyclic amines) is 2. The molecule has 0 aliphatic carbocycles. The number of alkyl halides is 3. The lowest BCUT2D eigenvalue weighted by Gasteiger charge is -2.34. The zero-order chi connectivity index (χ0) is 21.0. The van der Waals surface area contributed by atoms with Crippen LogP contribution in [-0.2, 0) is 12.7 Å². The van der Waals surface area contributed by atoms with Crippen LogP contribution in [0.3, 0.4) is 0 Å². The number of nitrogens with zero attached hydrogens (tertiary/aromatic N) is 4. The molecule has 2 aliphatic rings. The zero-order valence-corrected chi connectivity index (χ0v) is 17.2. The molecule has 1 aromatic carbocycles. The van der Waals surface area contributed by atoms with Crippen molar-refractivity contribution in [1.82, 2.24) is 19.9 Å². The lowest BCUT2D eigenvalue weighted by Crippen LogP contribution is -2.38. The van der Waals surface area contributed by atoms with Crippen molar-refractivity contribution < 1.29 is 17.7 Å². The molecule has 2 saturated heterocycles. The van der Waals surface area contributed by atoms with Gasteiger partial charge in [0.2, 0.25) is 11.7 Å². The highest BCUT2D eigenvalue weighted by Gasteiger charge is 2.30. The number of piperidine rings is 1. The quantitative estimate of drug-likeness (QED) is 0.690. The molecule has 5 nitrogen and oxygen atoms in total. The number of aromatic nitrogens is 2. The molecular weight excluding hydrogens is 393 g/mol. The highest BCUT2D eigenvalue weighted by atomic mass is 19.4. The molecule has 0 N–H and O–H groups in total. The standard InChI is InChI=1S/C22H29F3N4O/c23-22(24,25)19-7-5-18(6-8-19)21-26-20(30-27-21)16-29-13-9-17(10-14-29)15-28-11-3-1-2-4-12-28/h5-8,17H,1-4,9-16H2. The molecule has 0 spiro atoms. The number of hydrogen-bond donors (Lipinski definition) is 0. The van der Waals surface area contributed by atoms with E-state index in [4.69, 9.17) is 4.52 Å². The number of halogens is 3. The van der Waals surface area contributed by atoms with Crippen LogP contribution in [0.25, 0.3) is 11.4 Å². The van der Waals surface area contributed by atoms with E-state index in [0.29, 0.717) is 23.8 Å². The Hall–Kier alpha value is -1.93. The van der Waals surface area contributed by atoms with E-state index in [9.17, 15) is 13.2 Å². The number of hydrogen-bond acceptors (Lipinski definition) is 5. The Bertz CT molecular complexity index is 789. The fraction of sp³-hybridized carbons (Fsp3) is 0.636. The van der Waals surface area contributed by atoms with Crippen LogP contribution in [0.5, 0.6) is 0 Å². The molecule has 0 radical (unpaired) electrons. The molecule has 0 amide bonds. The summed E-state index contributed by atoms with van der Waals surface area (Å²) in [4.78, 5) is 9.34. The van der Waals surface area contributed by atoms with Gasteiger partial charge >= 0.3 is 6.18 Å². The van der Waals surface area contributed by atoms with E-state index < -0.39 is 11.7 Å². The Kier molecular flexibility index (Phi) is 6.73. The number of rotatable bonds is 5. The van der Waals surface area contributed by atoms with Gasteiger partial charge in [-0.15, -0.1) is 0 Å². The summed E-state index contributed by atoms with van der Waals surface area (Å²) in [6.07, 6.45) is 3.41. The second-order valence-corrected chi connectivity index (χ2v) is 8.52. The second kappa shape index (κ2) is 9.47. The minimum Gasteiger partial charge on any atom is -0.338 e. The maximum absolute atomic E-state index is 12.7. The van der Waals surface area contributed by atoms with Crippen LogP contribution in [-0.4, -0.2) is 52.7 Å². The summed E-state index contributed by atoms with van der Waals surface area (Å²) < 4.78 is 43.5. The van der Waals surface area contributed by atoms with Gasteiger partial charge in [-0.05, 0) is 69.9 Å². The minimum atomic E-state index is -4.35. The minimum absolute atomic E-state index is 0.328. The topological polar surface area (TPSA) is 45.4 Å². The van der Waals surface area contributed by atoms with E-state index >= 15 is 0 Å². The maximum atomic E-state index is 12.7. The van der Waals surface area contributed by atoms with E-state index in [1.54, 1.807) is 0 Å². The van der Waals surface area contributed by atoms with Gasteiger partial charge in [0, 0.05) is 12.1 Å². The van der Waals surface area contributed by atoms with E-state index in [1.807, 2.05) is 0 Å². The Morgan fingerprint density at radius 2 is 1.57 bits per heavy atom. The van der Waals surface area contributed by atoms with Crippen LogP contribution in [0.2, 0.25) is 0 Å². The first kappa shape index (κ1) is 21.3. The fourth-order valence-electron chi connectivity index (χ4n) is 4.45. The lowest BCUT2D eigenvalue weighted by molar-refractivity contribution is -0.137. The summed E-state index contributed by atoms with van der Waals surface area (Å²) in [6, 6.07) is 4.85. The lowest BCUT2D eigenvalue weighted by atomic mass is 9.96. The highest BCUT2D eigenvalue weighted by Crippen LogP contribution is 2.30. The van der Waals surface area contributed by atoms with Crippen molar-refractivity contribution in [2.45, 2.75) is 51.2 Å². The predicted molar refractivity (Wildman–Crippen MR) is 108 cm³/mol. The van der Waals surface area contributed by atoms with Crippen LogP contribution in [0.4, 0.5) is 13.2 Å². The third-order valence-corrected chi connectivity index (χ3v) is 6.22. The van der Waals surface area contributed by atoms with Crippen LogP contribution in [0.1, 0.15) is 50.0 Å². The van der Waals surface area contributed by atoms with Gasteiger partial charge < -0.3 is 9.42 Å². The molecule has 0 bridgehead atoms. The van der Waals surface area contributed by atoms with Gasteiger partial charge in [-0.3, -0.25) is 4.90 Å². The first-order chi connectivity index (χ1) is 14.5. The molecule has 2 fully saturated rings. The first-order valence-corrected chi connectivity index (χ1v) is 10.9. The van der Waals surface area contributed by atoms with Crippen molar-refractivity contribution in [3.63, 3.8) is 0 Å². The SMILES string of the molecule is FC(F)(F)c1ccc(-c2noc(CN3CCC(CN4CCCCCC4)CC3)n2)cc1. The molecular formula is C22H29F3N4O. The number of benzene rings is 1. The summed E-state index contributed by atoms with van der Waals surface area (Å²) in [5, 5.41) is 3.94. The van der Waals surface area contributed by atoms with Crippen LogP contribution >= 0.6 is 0 Å².